The lowest BCUT2D eigenvalue weighted by Gasteiger charge is -2.15. The van der Waals surface area contributed by atoms with E-state index in [1.54, 1.807) is 18.2 Å². The molecular weight excluding hydrogens is 270 g/mol. The minimum atomic E-state index is -0.284. The summed E-state index contributed by atoms with van der Waals surface area (Å²) in [7, 11) is 1.47. The van der Waals surface area contributed by atoms with Gasteiger partial charge >= 0.3 is 0 Å². The van der Waals surface area contributed by atoms with Crippen molar-refractivity contribution in [2.45, 2.75) is 19.3 Å². The van der Waals surface area contributed by atoms with Gasteiger partial charge in [0.15, 0.2) is 5.75 Å². The average Bonchev–Trinajstić information content (AvgIpc) is 3.01. The number of hydrogen-bond donors (Lipinski definition) is 2. The number of nitrogens with one attached hydrogen (secondary N) is 1. The van der Waals surface area contributed by atoms with Gasteiger partial charge in [0.1, 0.15) is 0 Å². The number of ether oxygens (including phenoxy) is 1. The van der Waals surface area contributed by atoms with E-state index in [1.807, 2.05) is 4.90 Å². The Morgan fingerprint density at radius 1 is 1.33 bits per heavy atom. The fourth-order valence-electron chi connectivity index (χ4n) is 2.46. The molecule has 21 heavy (non-hydrogen) atoms. The summed E-state index contributed by atoms with van der Waals surface area (Å²) >= 11 is 0. The summed E-state index contributed by atoms with van der Waals surface area (Å²) < 4.78 is 5.14. The van der Waals surface area contributed by atoms with Crippen molar-refractivity contribution in [1.82, 2.24) is 10.2 Å². The number of para-hydroxylation sites is 1. The summed E-state index contributed by atoms with van der Waals surface area (Å²) in [6, 6.07) is 5.02. The van der Waals surface area contributed by atoms with Crippen molar-refractivity contribution in [3.63, 3.8) is 0 Å². The maximum absolute atomic E-state index is 12.1. The van der Waals surface area contributed by atoms with Gasteiger partial charge in [-0.1, -0.05) is 6.07 Å². The van der Waals surface area contributed by atoms with Gasteiger partial charge in [0.25, 0.3) is 5.91 Å². The van der Waals surface area contributed by atoms with Gasteiger partial charge in [0.2, 0.25) is 5.91 Å². The lowest BCUT2D eigenvalue weighted by atomic mass is 10.1. The van der Waals surface area contributed by atoms with Crippen molar-refractivity contribution in [3.05, 3.63) is 23.8 Å². The number of hydrogen-bond acceptors (Lipinski definition) is 4. The highest BCUT2D eigenvalue weighted by Crippen LogP contribution is 2.25. The minimum absolute atomic E-state index is 0.0901. The highest BCUT2D eigenvalue weighted by molar-refractivity contribution is 5.98. The molecular formula is C15H21N3O3. The van der Waals surface area contributed by atoms with Crippen molar-refractivity contribution in [2.24, 2.45) is 0 Å². The second-order valence-electron chi connectivity index (χ2n) is 5.02. The van der Waals surface area contributed by atoms with Crippen LogP contribution in [0.3, 0.4) is 0 Å². The van der Waals surface area contributed by atoms with Crippen molar-refractivity contribution >= 4 is 17.5 Å². The third kappa shape index (κ3) is 3.65. The number of anilines is 1. The quantitative estimate of drug-likeness (QED) is 0.793. The van der Waals surface area contributed by atoms with Crippen LogP contribution in [0.2, 0.25) is 0 Å². The van der Waals surface area contributed by atoms with Crippen LogP contribution in [0.15, 0.2) is 18.2 Å². The van der Waals surface area contributed by atoms with Gasteiger partial charge in [-0.05, 0) is 25.0 Å². The Morgan fingerprint density at radius 2 is 2.05 bits per heavy atom. The highest BCUT2D eigenvalue weighted by atomic mass is 16.5. The Balaban J connectivity index is 1.87. The van der Waals surface area contributed by atoms with E-state index in [4.69, 9.17) is 10.5 Å². The number of carbonyl (C=O) groups is 2. The van der Waals surface area contributed by atoms with E-state index in [9.17, 15) is 9.59 Å². The number of benzene rings is 1. The fraction of sp³-hybridized carbons (Fsp3) is 0.467. The number of nitrogens with two attached hydrogens (primary N) is 1. The molecule has 1 fully saturated rings. The fourth-order valence-corrected chi connectivity index (χ4v) is 2.46. The summed E-state index contributed by atoms with van der Waals surface area (Å²) in [5, 5.41) is 2.73. The molecule has 0 radical (unpaired) electrons. The standard InChI is InChI=1S/C15H21N3O3/c1-21-14-11(5-4-6-12(14)16)15(20)17-8-7-13(19)18-9-2-3-10-18/h4-6H,2-3,7-10,16H2,1H3,(H,17,20). The Bertz CT molecular complexity index is 525. The lowest BCUT2D eigenvalue weighted by Crippen LogP contribution is -2.32. The molecule has 0 bridgehead atoms. The third-order valence-corrected chi connectivity index (χ3v) is 3.58. The monoisotopic (exact) mass is 291 g/mol. The number of nitrogen functional groups attached to an aromatic ring is 1. The SMILES string of the molecule is COc1c(N)cccc1C(=O)NCCC(=O)N1CCCC1. The summed E-state index contributed by atoms with van der Waals surface area (Å²) in [5.41, 5.74) is 6.56. The Morgan fingerprint density at radius 3 is 2.71 bits per heavy atom. The van der Waals surface area contributed by atoms with Crippen LogP contribution in [-0.2, 0) is 4.79 Å². The molecule has 1 aliphatic rings. The molecule has 0 spiro atoms. The first kappa shape index (κ1) is 15.2. The van der Waals surface area contributed by atoms with Gasteiger partial charge in [0, 0.05) is 26.1 Å². The topological polar surface area (TPSA) is 84.7 Å². The molecule has 2 amide bonds. The molecule has 1 aliphatic heterocycles. The molecule has 0 aromatic heterocycles. The van der Waals surface area contributed by atoms with Gasteiger partial charge in [-0.3, -0.25) is 9.59 Å². The Labute approximate surface area is 124 Å². The predicted octanol–water partition coefficient (Wildman–Crippen LogP) is 1.02. The van der Waals surface area contributed by atoms with E-state index >= 15 is 0 Å². The van der Waals surface area contributed by atoms with E-state index in [0.717, 1.165) is 25.9 Å². The first-order valence-corrected chi connectivity index (χ1v) is 7.12. The Kier molecular flexibility index (Phi) is 5.03. The molecule has 0 saturated carbocycles. The van der Waals surface area contributed by atoms with Gasteiger partial charge in [0.05, 0.1) is 18.4 Å². The van der Waals surface area contributed by atoms with E-state index in [1.165, 1.54) is 7.11 Å². The number of nitrogens with zero attached hydrogens (tertiary/aromatic N) is 1. The number of methoxy groups -OCH3 is 1. The largest absolute Gasteiger partial charge is 0.494 e. The van der Waals surface area contributed by atoms with Gasteiger partial charge in [-0.25, -0.2) is 0 Å². The van der Waals surface area contributed by atoms with Gasteiger partial charge < -0.3 is 20.7 Å². The summed E-state index contributed by atoms with van der Waals surface area (Å²) in [4.78, 5) is 25.8. The third-order valence-electron chi connectivity index (χ3n) is 3.58. The zero-order valence-electron chi connectivity index (χ0n) is 12.2. The molecule has 6 nitrogen and oxygen atoms in total. The van der Waals surface area contributed by atoms with Crippen LogP contribution in [0.1, 0.15) is 29.6 Å². The van der Waals surface area contributed by atoms with Crippen LogP contribution in [0.25, 0.3) is 0 Å². The molecule has 0 atom stereocenters. The molecule has 6 heteroatoms. The molecule has 2 rings (SSSR count). The minimum Gasteiger partial charge on any atom is -0.494 e. The molecule has 0 aliphatic carbocycles. The van der Waals surface area contributed by atoms with E-state index in [-0.39, 0.29) is 11.8 Å². The van der Waals surface area contributed by atoms with Gasteiger partial charge in [-0.15, -0.1) is 0 Å². The molecule has 0 unspecified atom stereocenters. The maximum atomic E-state index is 12.1. The lowest BCUT2D eigenvalue weighted by molar-refractivity contribution is -0.129. The van der Waals surface area contributed by atoms with E-state index in [0.29, 0.717) is 30.0 Å². The van der Waals surface area contributed by atoms with Crippen LogP contribution in [0.5, 0.6) is 5.75 Å². The number of rotatable bonds is 5. The predicted molar refractivity (Wildman–Crippen MR) is 80.2 cm³/mol. The number of amides is 2. The smallest absolute Gasteiger partial charge is 0.255 e. The summed E-state index contributed by atoms with van der Waals surface area (Å²) in [5.74, 6) is 0.168. The molecule has 1 saturated heterocycles. The normalized spacial score (nSPS) is 14.0. The first-order chi connectivity index (χ1) is 10.1. The number of carbonyl (C=O) groups excluding carboxylic acids is 2. The zero-order chi connectivity index (χ0) is 15.2. The van der Waals surface area contributed by atoms with Crippen molar-refractivity contribution in [3.8, 4) is 5.75 Å². The second kappa shape index (κ2) is 6.97. The van der Waals surface area contributed by atoms with Crippen LogP contribution < -0.4 is 15.8 Å². The molecule has 1 aromatic rings. The molecule has 3 N–H and O–H groups in total. The first-order valence-electron chi connectivity index (χ1n) is 7.12. The molecule has 1 aromatic carbocycles. The van der Waals surface area contributed by atoms with E-state index < -0.39 is 0 Å². The average molecular weight is 291 g/mol. The van der Waals surface area contributed by atoms with Crippen molar-refractivity contribution in [2.75, 3.05) is 32.5 Å². The molecule has 1 heterocycles. The maximum Gasteiger partial charge on any atom is 0.255 e. The van der Waals surface area contributed by atoms with Crippen LogP contribution in [-0.4, -0.2) is 43.5 Å². The number of likely N-dealkylation sites (tertiary alicyclic amines) is 1. The molecule has 114 valence electrons. The summed E-state index contributed by atoms with van der Waals surface area (Å²) in [6.45, 7) is 1.97. The van der Waals surface area contributed by atoms with E-state index in [2.05, 4.69) is 5.32 Å². The van der Waals surface area contributed by atoms with Crippen molar-refractivity contribution < 1.29 is 14.3 Å². The van der Waals surface area contributed by atoms with Crippen LogP contribution in [0, 0.1) is 0 Å². The van der Waals surface area contributed by atoms with Gasteiger partial charge in [-0.2, -0.15) is 0 Å². The van der Waals surface area contributed by atoms with Crippen LogP contribution in [0.4, 0.5) is 5.69 Å². The van der Waals surface area contributed by atoms with Crippen molar-refractivity contribution in [1.29, 1.82) is 0 Å². The summed E-state index contributed by atoms with van der Waals surface area (Å²) in [6.07, 6.45) is 2.45. The van der Waals surface area contributed by atoms with Crippen LogP contribution >= 0.6 is 0 Å². The second-order valence-corrected chi connectivity index (χ2v) is 5.02. The highest BCUT2D eigenvalue weighted by Gasteiger charge is 2.18. The zero-order valence-corrected chi connectivity index (χ0v) is 12.2. The Hall–Kier alpha value is -2.24.